The molecule has 0 aliphatic carbocycles. The minimum Gasteiger partial charge on any atom is 1.00 e. The van der Waals surface area contributed by atoms with Gasteiger partial charge in [-0.05, 0) is 0 Å². The zero-order chi connectivity index (χ0) is 2.71. The van der Waals surface area contributed by atoms with E-state index in [-0.39, 0.29) is 29.6 Å². The molecule has 0 saturated carbocycles. The van der Waals surface area contributed by atoms with E-state index in [0.29, 0.717) is 0 Å². The summed E-state index contributed by atoms with van der Waals surface area (Å²) >= 11 is -0.910. The number of rotatable bonds is 0. The fourth-order valence-electron chi connectivity index (χ4n) is 0. The predicted molar refractivity (Wildman–Crippen MR) is 7.03 cm³/mol. The number of hydrogen-bond donors (Lipinski definition) is 0. The second-order valence-corrected chi connectivity index (χ2v) is 0.958. The van der Waals surface area contributed by atoms with Gasteiger partial charge in [-0.1, -0.05) is 0 Å². The Labute approximate surface area is 58.5 Å². The maximum atomic E-state index is 10.4. The number of halogens is 2. The molecule has 0 atom stereocenters. The van der Waals surface area contributed by atoms with Crippen LogP contribution in [0.3, 0.4) is 0 Å². The van der Waals surface area contributed by atoms with Crippen LogP contribution in [0.2, 0.25) is 0 Å². The normalized spacial score (nSPS) is 5.50. The van der Waals surface area contributed by atoms with Crippen molar-refractivity contribution >= 4 is 0 Å². The molecule has 0 nitrogen and oxygen atoms in total. The first-order valence-electron chi connectivity index (χ1n) is 0.521. The summed E-state index contributed by atoms with van der Waals surface area (Å²) in [6.07, 6.45) is 0. The van der Waals surface area contributed by atoms with Crippen LogP contribution in [0.1, 0.15) is 0 Å². The number of hydrogen-bond acceptors (Lipinski definition) is 0. The summed E-state index contributed by atoms with van der Waals surface area (Å²) < 4.78 is 10.4. The van der Waals surface area contributed by atoms with E-state index in [4.69, 9.17) is 0 Å². The molecule has 0 aromatic heterocycles. The van der Waals surface area contributed by atoms with E-state index in [9.17, 15) is 2.86 Å². The van der Waals surface area contributed by atoms with Crippen LogP contribution in [-0.2, 0) is 0 Å². The Balaban J connectivity index is 0. The van der Waals surface area contributed by atoms with Crippen molar-refractivity contribution in [3.8, 4) is 0 Å². The summed E-state index contributed by atoms with van der Waals surface area (Å²) in [5, 5.41) is 0. The third-order valence-electron chi connectivity index (χ3n) is 0. The molecule has 0 rings (SSSR count). The fourth-order valence-corrected chi connectivity index (χ4v) is 0. The molecule has 0 bridgehead atoms. The monoisotopic (exact) mass is 184 g/mol. The molecule has 0 fully saturated rings. The molecule has 0 spiro atoms. The van der Waals surface area contributed by atoms with Crippen molar-refractivity contribution in [2.45, 2.75) is 0 Å². The average Bonchev–Trinajstić information content (AvgIpc) is 0.918. The Morgan fingerprint density at radius 2 is 1.75 bits per heavy atom. The maximum absolute atomic E-state index is 10.4. The Kier molecular flexibility index (Phi) is 20.2. The van der Waals surface area contributed by atoms with Crippen molar-refractivity contribution in [3.63, 3.8) is 0 Å². The van der Waals surface area contributed by atoms with Gasteiger partial charge in [0.15, 0.2) is 0 Å². The van der Waals surface area contributed by atoms with Gasteiger partial charge < -0.3 is 0 Å². The van der Waals surface area contributed by atoms with E-state index in [1.54, 1.807) is 4.93 Å². The van der Waals surface area contributed by atoms with Gasteiger partial charge in [-0.3, -0.25) is 0 Å². The van der Waals surface area contributed by atoms with Crippen molar-refractivity contribution in [1.82, 2.24) is 0 Å². The number of alkyl halides is 1. The van der Waals surface area contributed by atoms with Crippen molar-refractivity contribution in [1.29, 1.82) is 0 Å². The van der Waals surface area contributed by atoms with E-state index >= 15 is 0 Å². The largest absolute Gasteiger partial charge is 1.00 e. The molecule has 0 unspecified atom stereocenters. The molecule has 0 aliphatic heterocycles. The maximum Gasteiger partial charge on any atom is 1.00 e. The topological polar surface area (TPSA) is 0 Å². The summed E-state index contributed by atoms with van der Waals surface area (Å²) in [5.41, 5.74) is 0. The first-order chi connectivity index (χ1) is 1.41. The Morgan fingerprint density at radius 3 is 1.75 bits per heavy atom. The van der Waals surface area contributed by atoms with Gasteiger partial charge in [0, 0.05) is 0 Å². The first-order valence-corrected chi connectivity index (χ1v) is 3.49. The molecule has 3 heteroatoms. The minimum absolute atomic E-state index is 0. The van der Waals surface area contributed by atoms with E-state index < -0.39 is 21.8 Å². The van der Waals surface area contributed by atoms with Gasteiger partial charge in [0.25, 0.3) is 0 Å². The van der Waals surface area contributed by atoms with Gasteiger partial charge >= 0.3 is 59.1 Å². The molecular weight excluding hydrogens is 181 g/mol. The molecule has 0 aromatic rings. The summed E-state index contributed by atoms with van der Waals surface area (Å²) in [7, 11) is 0. The van der Waals surface area contributed by atoms with E-state index in [2.05, 4.69) is 0 Å². The SMILES string of the molecule is C[I-]F.[Na+]. The van der Waals surface area contributed by atoms with Gasteiger partial charge in [-0.15, -0.1) is 0 Å². The second-order valence-electron chi connectivity index (χ2n) is 0.143. The fraction of sp³-hybridized carbons (Fsp3) is 1.00. The average molecular weight is 184 g/mol. The zero-order valence-corrected chi connectivity index (χ0v) is 6.91. The van der Waals surface area contributed by atoms with Gasteiger partial charge in [-0.25, -0.2) is 0 Å². The predicted octanol–water partition coefficient (Wildman–Crippen LogP) is -5.41. The van der Waals surface area contributed by atoms with Crippen molar-refractivity contribution in [2.75, 3.05) is 4.93 Å². The molecule has 4 heavy (non-hydrogen) atoms. The third-order valence-corrected chi connectivity index (χ3v) is 0. The van der Waals surface area contributed by atoms with Gasteiger partial charge in [-0.2, -0.15) is 0 Å². The quantitative estimate of drug-likeness (QED) is 0.200. The van der Waals surface area contributed by atoms with Crippen LogP contribution in [0.5, 0.6) is 0 Å². The van der Waals surface area contributed by atoms with Crippen LogP contribution in [0, 0.1) is 0 Å². The van der Waals surface area contributed by atoms with Crippen LogP contribution < -0.4 is 51.3 Å². The Bertz CT molecular complexity index is 8.00. The summed E-state index contributed by atoms with van der Waals surface area (Å²) in [6, 6.07) is 0. The van der Waals surface area contributed by atoms with Crippen LogP contribution in [-0.4, -0.2) is 4.93 Å². The van der Waals surface area contributed by atoms with Gasteiger partial charge in [0.05, 0.1) is 0 Å². The van der Waals surface area contributed by atoms with Crippen LogP contribution in [0.15, 0.2) is 0 Å². The molecule has 0 saturated heterocycles. The van der Waals surface area contributed by atoms with E-state index in [1.807, 2.05) is 0 Å². The molecule has 0 aromatic carbocycles. The van der Waals surface area contributed by atoms with Gasteiger partial charge in [0.1, 0.15) is 0 Å². The molecule has 0 radical (unpaired) electrons. The van der Waals surface area contributed by atoms with E-state index in [1.165, 1.54) is 0 Å². The Morgan fingerprint density at radius 1 is 1.75 bits per heavy atom. The molecular formula is CH3FINa. The third kappa shape index (κ3) is 9.40. The molecule has 0 heterocycles. The van der Waals surface area contributed by atoms with Crippen molar-refractivity contribution in [2.24, 2.45) is 0 Å². The minimum atomic E-state index is -0.910. The zero-order valence-electron chi connectivity index (χ0n) is 2.76. The molecule has 0 N–H and O–H groups in total. The van der Waals surface area contributed by atoms with Crippen LogP contribution in [0.25, 0.3) is 0 Å². The van der Waals surface area contributed by atoms with E-state index in [0.717, 1.165) is 0 Å². The summed E-state index contributed by atoms with van der Waals surface area (Å²) in [5.74, 6) is 0. The summed E-state index contributed by atoms with van der Waals surface area (Å²) in [6.45, 7) is 0. The molecule has 22 valence electrons. The van der Waals surface area contributed by atoms with Gasteiger partial charge in [0.2, 0.25) is 0 Å². The smallest absolute Gasteiger partial charge is 1.00 e. The molecule has 0 amide bonds. The molecule has 0 aliphatic rings. The Hall–Kier alpha value is 1.66. The standard InChI is InChI=1S/CH3FI.Na/c1-3-2;/h1H3;/q-1;+1. The second kappa shape index (κ2) is 8.82. The first kappa shape index (κ1) is 9.18. The van der Waals surface area contributed by atoms with Crippen LogP contribution >= 0.6 is 0 Å². The van der Waals surface area contributed by atoms with Crippen molar-refractivity contribution in [3.05, 3.63) is 0 Å². The summed E-state index contributed by atoms with van der Waals surface area (Å²) in [4.78, 5) is 1.57. The van der Waals surface area contributed by atoms with Crippen molar-refractivity contribution < 1.29 is 54.2 Å². The van der Waals surface area contributed by atoms with Crippen LogP contribution in [0.4, 0.5) is 2.86 Å².